The molecule has 0 aromatic rings. The number of aliphatic imine (C=N–C) groups is 1. The summed E-state index contributed by atoms with van der Waals surface area (Å²) >= 11 is 0. The second-order valence-corrected chi connectivity index (χ2v) is 4.59. The number of amides is 1. The average Bonchev–Trinajstić information content (AvgIpc) is 2.65. The van der Waals surface area contributed by atoms with Gasteiger partial charge in [0.15, 0.2) is 0 Å². The highest BCUT2D eigenvalue weighted by molar-refractivity contribution is 5.90. The van der Waals surface area contributed by atoms with Crippen LogP contribution in [0.1, 0.15) is 20.3 Å². The number of amidine groups is 1. The van der Waals surface area contributed by atoms with E-state index in [2.05, 4.69) is 15.7 Å². The number of alkyl halides is 4. The zero-order chi connectivity index (χ0) is 15.5. The molecule has 1 aliphatic rings. The molecule has 0 aromatic carbocycles. The van der Waals surface area contributed by atoms with E-state index in [1.165, 1.54) is 6.92 Å². The third kappa shape index (κ3) is 4.06. The average molecular weight is 298 g/mol. The van der Waals surface area contributed by atoms with E-state index in [1.807, 2.05) is 0 Å². The van der Waals surface area contributed by atoms with Gasteiger partial charge in [0, 0.05) is 26.1 Å². The number of hydrazine groups is 1. The Bertz CT molecular complexity index is 375. The van der Waals surface area contributed by atoms with Crippen LogP contribution in [0.15, 0.2) is 4.99 Å². The molecule has 0 aromatic heterocycles. The van der Waals surface area contributed by atoms with Crippen molar-refractivity contribution in [1.82, 2.24) is 15.8 Å². The molecule has 9 heteroatoms. The molecule has 0 aliphatic carbocycles. The summed E-state index contributed by atoms with van der Waals surface area (Å²) in [7, 11) is 1.05. The van der Waals surface area contributed by atoms with E-state index in [0.717, 1.165) is 7.05 Å². The Kier molecular flexibility index (Phi) is 5.32. The van der Waals surface area contributed by atoms with Gasteiger partial charge in [0.1, 0.15) is 6.17 Å². The first-order valence-electron chi connectivity index (χ1n) is 6.22. The Hall–Kier alpha value is -1.38. The van der Waals surface area contributed by atoms with Gasteiger partial charge < -0.3 is 5.32 Å². The molecule has 1 saturated heterocycles. The van der Waals surface area contributed by atoms with Crippen LogP contribution in [0.25, 0.3) is 0 Å². The van der Waals surface area contributed by atoms with E-state index < -0.39 is 36.2 Å². The van der Waals surface area contributed by atoms with Gasteiger partial charge in [-0.25, -0.2) is 4.39 Å². The molecule has 5 nitrogen and oxygen atoms in total. The van der Waals surface area contributed by atoms with Crippen molar-refractivity contribution in [3.8, 4) is 0 Å². The van der Waals surface area contributed by atoms with Gasteiger partial charge in [-0.05, 0) is 13.8 Å². The van der Waals surface area contributed by atoms with Crippen LogP contribution >= 0.6 is 0 Å². The second-order valence-electron chi connectivity index (χ2n) is 4.59. The summed E-state index contributed by atoms with van der Waals surface area (Å²) in [6, 6.07) is -1.35. The molecule has 0 spiro atoms. The monoisotopic (exact) mass is 298 g/mol. The molecule has 116 valence electrons. The topological polar surface area (TPSA) is 56.7 Å². The Morgan fingerprint density at radius 3 is 2.50 bits per heavy atom. The Morgan fingerprint density at radius 2 is 2.10 bits per heavy atom. The van der Waals surface area contributed by atoms with Crippen LogP contribution in [-0.2, 0) is 4.79 Å². The summed E-state index contributed by atoms with van der Waals surface area (Å²) in [4.78, 5) is 15.1. The molecule has 1 fully saturated rings. The van der Waals surface area contributed by atoms with Crippen LogP contribution in [0.2, 0.25) is 0 Å². The predicted octanol–water partition coefficient (Wildman–Crippen LogP) is 1.02. The Labute approximate surface area is 114 Å². The van der Waals surface area contributed by atoms with E-state index >= 15 is 0 Å². The normalized spacial score (nSPS) is 27.6. The Morgan fingerprint density at radius 1 is 1.50 bits per heavy atom. The van der Waals surface area contributed by atoms with Crippen LogP contribution in [-0.4, -0.2) is 54.8 Å². The fraction of sp³-hybridized carbons (Fsp3) is 0.818. The number of carbonyl (C=O) groups is 1. The highest BCUT2D eigenvalue weighted by Crippen LogP contribution is 2.19. The van der Waals surface area contributed by atoms with E-state index in [0.29, 0.717) is 5.01 Å². The van der Waals surface area contributed by atoms with Gasteiger partial charge in [0.25, 0.3) is 5.91 Å². The van der Waals surface area contributed by atoms with Gasteiger partial charge in [0.2, 0.25) is 5.84 Å². The fourth-order valence-corrected chi connectivity index (χ4v) is 1.93. The smallest absolute Gasteiger partial charge is 0.300 e. The molecule has 0 unspecified atom stereocenters. The van der Waals surface area contributed by atoms with Crippen molar-refractivity contribution in [2.24, 2.45) is 4.99 Å². The molecular formula is C11H18F4N4O. The maximum atomic E-state index is 13.3. The molecule has 0 bridgehead atoms. The first kappa shape index (κ1) is 16.7. The summed E-state index contributed by atoms with van der Waals surface area (Å²) in [5, 5.41) is 3.20. The van der Waals surface area contributed by atoms with Crippen LogP contribution in [0.4, 0.5) is 17.6 Å². The molecule has 1 aliphatic heterocycles. The molecule has 3 atom stereocenters. The minimum atomic E-state index is -4.67. The van der Waals surface area contributed by atoms with Crippen LogP contribution < -0.4 is 10.7 Å². The summed E-state index contributed by atoms with van der Waals surface area (Å²) in [6.45, 7) is 2.96. The SMILES string of the molecule is CC/N=C(\N(C)NC(=O)[C@@H]1C[C@@H](F)[C@H](C)N1)C(F)(F)F. The van der Waals surface area contributed by atoms with Crippen molar-refractivity contribution < 1.29 is 22.4 Å². The van der Waals surface area contributed by atoms with Gasteiger partial charge in [-0.1, -0.05) is 0 Å². The fourth-order valence-electron chi connectivity index (χ4n) is 1.93. The largest absolute Gasteiger partial charge is 0.450 e. The molecular weight excluding hydrogens is 280 g/mol. The standard InChI is InChI=1S/C11H18F4N4O/c1-4-16-10(11(13,14)15)19(3)18-9(20)8-5-7(12)6(2)17-8/h6-8,17H,4-5H2,1-3H3,(H,18,20)/b16-10-/t6-,7+,8-/m0/s1. The molecule has 1 rings (SSSR count). The third-order valence-corrected chi connectivity index (χ3v) is 2.94. The van der Waals surface area contributed by atoms with Crippen LogP contribution in [0, 0.1) is 0 Å². The first-order valence-corrected chi connectivity index (χ1v) is 6.22. The highest BCUT2D eigenvalue weighted by atomic mass is 19.4. The van der Waals surface area contributed by atoms with Crippen molar-refractivity contribution >= 4 is 11.7 Å². The van der Waals surface area contributed by atoms with Crippen molar-refractivity contribution in [2.45, 2.75) is 44.7 Å². The van der Waals surface area contributed by atoms with E-state index in [4.69, 9.17) is 0 Å². The number of hydrogen-bond donors (Lipinski definition) is 2. The van der Waals surface area contributed by atoms with E-state index in [1.54, 1.807) is 6.92 Å². The maximum Gasteiger partial charge on any atom is 0.450 e. The molecule has 2 N–H and O–H groups in total. The van der Waals surface area contributed by atoms with Gasteiger partial charge in [-0.3, -0.25) is 20.2 Å². The lowest BCUT2D eigenvalue weighted by Crippen LogP contribution is -2.53. The lowest BCUT2D eigenvalue weighted by molar-refractivity contribution is -0.126. The number of hydrogen-bond acceptors (Lipinski definition) is 3. The summed E-state index contributed by atoms with van der Waals surface area (Å²) in [5.41, 5.74) is 2.07. The summed E-state index contributed by atoms with van der Waals surface area (Å²) in [5.74, 6) is -1.91. The zero-order valence-corrected chi connectivity index (χ0v) is 11.5. The van der Waals surface area contributed by atoms with Crippen LogP contribution in [0.5, 0.6) is 0 Å². The second kappa shape index (κ2) is 6.38. The Balaban J connectivity index is 2.67. The molecule has 1 heterocycles. The number of carbonyl (C=O) groups excluding carboxylic acids is 1. The lowest BCUT2D eigenvalue weighted by atomic mass is 10.2. The van der Waals surface area contributed by atoms with Gasteiger partial charge in [-0.15, -0.1) is 0 Å². The summed E-state index contributed by atoms with van der Waals surface area (Å²) in [6.07, 6.45) is -5.92. The van der Waals surface area contributed by atoms with Gasteiger partial charge >= 0.3 is 6.18 Å². The molecule has 1 amide bonds. The third-order valence-electron chi connectivity index (χ3n) is 2.94. The van der Waals surface area contributed by atoms with Crippen molar-refractivity contribution in [2.75, 3.05) is 13.6 Å². The number of nitrogens with zero attached hydrogens (tertiary/aromatic N) is 2. The van der Waals surface area contributed by atoms with Crippen molar-refractivity contribution in [3.63, 3.8) is 0 Å². The van der Waals surface area contributed by atoms with Crippen molar-refractivity contribution in [1.29, 1.82) is 0 Å². The minimum absolute atomic E-state index is 0.0624. The maximum absolute atomic E-state index is 13.3. The van der Waals surface area contributed by atoms with E-state index in [9.17, 15) is 22.4 Å². The predicted molar refractivity (Wildman–Crippen MR) is 65.8 cm³/mol. The van der Waals surface area contributed by atoms with Gasteiger partial charge in [0.05, 0.1) is 6.04 Å². The lowest BCUT2D eigenvalue weighted by Gasteiger charge is -2.25. The number of rotatable bonds is 2. The summed E-state index contributed by atoms with van der Waals surface area (Å²) < 4.78 is 51.4. The highest BCUT2D eigenvalue weighted by Gasteiger charge is 2.40. The number of nitrogens with one attached hydrogen (secondary N) is 2. The zero-order valence-electron chi connectivity index (χ0n) is 11.5. The minimum Gasteiger partial charge on any atom is -0.300 e. The quantitative estimate of drug-likeness (QED) is 0.346. The molecule has 0 saturated carbocycles. The van der Waals surface area contributed by atoms with Gasteiger partial charge in [-0.2, -0.15) is 13.2 Å². The molecule has 0 radical (unpaired) electrons. The first-order chi connectivity index (χ1) is 9.16. The number of halogens is 4. The van der Waals surface area contributed by atoms with E-state index in [-0.39, 0.29) is 13.0 Å². The van der Waals surface area contributed by atoms with Crippen LogP contribution in [0.3, 0.4) is 0 Å². The molecule has 20 heavy (non-hydrogen) atoms. The van der Waals surface area contributed by atoms with Crippen molar-refractivity contribution in [3.05, 3.63) is 0 Å².